The highest BCUT2D eigenvalue weighted by Crippen LogP contribution is 2.38. The molecule has 15 heavy (non-hydrogen) atoms. The van der Waals surface area contributed by atoms with Gasteiger partial charge < -0.3 is 9.47 Å². The molecule has 1 heterocycles. The molecule has 4 heteroatoms. The van der Waals surface area contributed by atoms with Gasteiger partial charge in [-0.2, -0.15) is 0 Å². The van der Waals surface area contributed by atoms with Gasteiger partial charge in [-0.1, -0.05) is 6.07 Å². The summed E-state index contributed by atoms with van der Waals surface area (Å²) in [5.74, 6) is 1.42. The molecule has 1 radical (unpaired) electrons. The average Bonchev–Trinajstić information content (AvgIpc) is 2.81. The molecule has 0 aliphatic carbocycles. The highest BCUT2D eigenvalue weighted by Gasteiger charge is 2.12. The van der Waals surface area contributed by atoms with E-state index in [1.165, 1.54) is 11.3 Å². The van der Waals surface area contributed by atoms with E-state index in [1.807, 2.05) is 18.2 Å². The van der Waals surface area contributed by atoms with Gasteiger partial charge in [0.2, 0.25) is 0 Å². The molecule has 0 aliphatic rings. The lowest BCUT2D eigenvalue weighted by Gasteiger charge is -2.10. The highest BCUT2D eigenvalue weighted by molar-refractivity contribution is 7.12. The van der Waals surface area contributed by atoms with Crippen LogP contribution in [0.15, 0.2) is 24.4 Å². The molecule has 0 saturated carbocycles. The maximum Gasteiger partial charge on any atom is 0.170 e. The van der Waals surface area contributed by atoms with E-state index >= 15 is 0 Å². The summed E-state index contributed by atoms with van der Waals surface area (Å²) < 4.78 is 10.5. The van der Waals surface area contributed by atoms with Crippen molar-refractivity contribution in [2.24, 2.45) is 0 Å². The predicted octanol–water partition coefficient (Wildman–Crippen LogP) is 2.63. The summed E-state index contributed by atoms with van der Waals surface area (Å²) in [4.78, 5) is 4.20. The maximum atomic E-state index is 5.32. The lowest BCUT2D eigenvalue weighted by atomic mass is 10.2. The number of hydrogen-bond acceptors (Lipinski definition) is 4. The van der Waals surface area contributed by atoms with Crippen LogP contribution in [-0.4, -0.2) is 19.2 Å². The Morgan fingerprint density at radius 1 is 1.27 bits per heavy atom. The smallest absolute Gasteiger partial charge is 0.170 e. The zero-order chi connectivity index (χ0) is 10.7. The third-order valence-corrected chi connectivity index (χ3v) is 2.77. The summed E-state index contributed by atoms with van der Waals surface area (Å²) in [5.41, 5.74) is 0.933. The van der Waals surface area contributed by atoms with Crippen LogP contribution in [0.25, 0.3) is 10.6 Å². The second kappa shape index (κ2) is 4.31. The van der Waals surface area contributed by atoms with Crippen molar-refractivity contribution in [3.63, 3.8) is 0 Å². The van der Waals surface area contributed by atoms with Gasteiger partial charge >= 0.3 is 0 Å². The Kier molecular flexibility index (Phi) is 2.87. The van der Waals surface area contributed by atoms with Gasteiger partial charge in [0.1, 0.15) is 5.01 Å². The minimum Gasteiger partial charge on any atom is -0.493 e. The largest absolute Gasteiger partial charge is 0.493 e. The second-order valence-corrected chi connectivity index (χ2v) is 3.65. The van der Waals surface area contributed by atoms with E-state index in [2.05, 4.69) is 10.4 Å². The molecular formula is C11H10NO2S. The number of benzene rings is 1. The molecule has 0 spiro atoms. The first-order chi connectivity index (χ1) is 7.36. The molecule has 3 nitrogen and oxygen atoms in total. The number of rotatable bonds is 3. The normalized spacial score (nSPS) is 10.0. The molecule has 0 amide bonds. The summed E-state index contributed by atoms with van der Waals surface area (Å²) >= 11 is 1.45. The molecule has 0 unspecified atom stereocenters. The molecule has 1 aromatic carbocycles. The molecule has 0 N–H and O–H groups in total. The predicted molar refractivity (Wildman–Crippen MR) is 59.5 cm³/mol. The van der Waals surface area contributed by atoms with Gasteiger partial charge in [0.25, 0.3) is 0 Å². The SMILES string of the molecule is COc1cccc(-c2nc[c]s2)c1OC. The lowest BCUT2D eigenvalue weighted by molar-refractivity contribution is 0.356. The van der Waals surface area contributed by atoms with E-state index in [-0.39, 0.29) is 0 Å². The van der Waals surface area contributed by atoms with Crippen LogP contribution in [-0.2, 0) is 0 Å². The fourth-order valence-electron chi connectivity index (χ4n) is 1.37. The van der Waals surface area contributed by atoms with Crippen molar-refractivity contribution in [1.82, 2.24) is 4.98 Å². The number of aromatic nitrogens is 1. The van der Waals surface area contributed by atoms with Gasteiger partial charge in [-0.05, 0) is 12.1 Å². The van der Waals surface area contributed by atoms with Crippen molar-refractivity contribution in [2.45, 2.75) is 0 Å². The van der Waals surface area contributed by atoms with Crippen molar-refractivity contribution in [3.05, 3.63) is 29.8 Å². The first-order valence-electron chi connectivity index (χ1n) is 4.40. The molecule has 77 valence electrons. The Bertz CT molecular complexity index is 440. The van der Waals surface area contributed by atoms with Crippen LogP contribution in [0.3, 0.4) is 0 Å². The summed E-state index contributed by atoms with van der Waals surface area (Å²) in [7, 11) is 3.24. The van der Waals surface area contributed by atoms with Gasteiger partial charge in [-0.3, -0.25) is 0 Å². The lowest BCUT2D eigenvalue weighted by Crippen LogP contribution is -1.92. The quantitative estimate of drug-likeness (QED) is 0.796. The van der Waals surface area contributed by atoms with Crippen molar-refractivity contribution in [1.29, 1.82) is 0 Å². The van der Waals surface area contributed by atoms with Crippen LogP contribution in [0.5, 0.6) is 11.5 Å². The van der Waals surface area contributed by atoms with E-state index in [4.69, 9.17) is 9.47 Å². The Labute approximate surface area is 92.3 Å². The van der Waals surface area contributed by atoms with Crippen molar-refractivity contribution in [3.8, 4) is 22.1 Å². The summed E-state index contributed by atoms with van der Waals surface area (Å²) in [5, 5.41) is 3.83. The van der Waals surface area contributed by atoms with E-state index in [0.717, 1.165) is 10.6 Å². The van der Waals surface area contributed by atoms with Crippen molar-refractivity contribution in [2.75, 3.05) is 14.2 Å². The number of hydrogen-bond donors (Lipinski definition) is 0. The molecule has 0 atom stereocenters. The molecule has 2 aromatic rings. The standard InChI is InChI=1S/C11H10NO2S/c1-13-9-5-3-4-8(10(9)14-2)11-12-6-7-15-11/h3-6H,1-2H3. The molecule has 0 fully saturated rings. The van der Waals surface area contributed by atoms with Gasteiger partial charge in [0, 0.05) is 6.20 Å². The Morgan fingerprint density at radius 2 is 2.13 bits per heavy atom. The van der Waals surface area contributed by atoms with Crippen molar-refractivity contribution < 1.29 is 9.47 Å². The highest BCUT2D eigenvalue weighted by atomic mass is 32.1. The van der Waals surface area contributed by atoms with Crippen LogP contribution in [0.1, 0.15) is 0 Å². The third-order valence-electron chi connectivity index (χ3n) is 2.02. The summed E-state index contributed by atoms with van der Waals surface area (Å²) in [6.45, 7) is 0. The average molecular weight is 220 g/mol. The molecule has 2 rings (SSSR count). The monoisotopic (exact) mass is 220 g/mol. The Hall–Kier alpha value is -1.55. The van der Waals surface area contributed by atoms with Gasteiger partial charge in [0.05, 0.1) is 25.2 Å². The molecule has 1 aromatic heterocycles. The number of thiazole rings is 1. The molecule has 0 bridgehead atoms. The van der Waals surface area contributed by atoms with Crippen molar-refractivity contribution >= 4 is 11.3 Å². The number of para-hydroxylation sites is 1. The topological polar surface area (TPSA) is 31.4 Å². The minimum atomic E-state index is 0.711. The first-order valence-corrected chi connectivity index (χ1v) is 5.21. The summed E-state index contributed by atoms with van der Waals surface area (Å²) in [6, 6.07) is 5.73. The zero-order valence-corrected chi connectivity index (χ0v) is 9.30. The van der Waals surface area contributed by atoms with Crippen LogP contribution in [0, 0.1) is 5.38 Å². The second-order valence-electron chi connectivity index (χ2n) is 2.82. The fraction of sp³-hybridized carbons (Fsp3) is 0.182. The Morgan fingerprint density at radius 3 is 2.73 bits per heavy atom. The number of nitrogens with zero attached hydrogens (tertiary/aromatic N) is 1. The first kappa shape index (κ1) is 9.98. The van der Waals surface area contributed by atoms with Gasteiger partial charge in [-0.15, -0.1) is 11.3 Å². The third kappa shape index (κ3) is 1.80. The Balaban J connectivity index is 2.56. The number of ether oxygens (including phenoxy) is 2. The van der Waals surface area contributed by atoms with Crippen LogP contribution in [0.4, 0.5) is 0 Å². The van der Waals surface area contributed by atoms with Crippen LogP contribution < -0.4 is 9.47 Å². The molecule has 0 aliphatic heterocycles. The van der Waals surface area contributed by atoms with Crippen LogP contribution in [0.2, 0.25) is 0 Å². The van der Waals surface area contributed by atoms with E-state index in [1.54, 1.807) is 20.4 Å². The zero-order valence-electron chi connectivity index (χ0n) is 8.48. The van der Waals surface area contributed by atoms with Crippen LogP contribution >= 0.6 is 11.3 Å². The summed E-state index contributed by atoms with van der Waals surface area (Å²) in [6.07, 6.45) is 1.65. The molecular weight excluding hydrogens is 210 g/mol. The number of methoxy groups -OCH3 is 2. The van der Waals surface area contributed by atoms with Gasteiger partial charge in [-0.25, -0.2) is 4.98 Å². The fourth-order valence-corrected chi connectivity index (χ4v) is 1.97. The van der Waals surface area contributed by atoms with E-state index in [9.17, 15) is 0 Å². The van der Waals surface area contributed by atoms with E-state index in [0.29, 0.717) is 11.5 Å². The minimum absolute atomic E-state index is 0.711. The van der Waals surface area contributed by atoms with E-state index < -0.39 is 0 Å². The van der Waals surface area contributed by atoms with Gasteiger partial charge in [0.15, 0.2) is 11.5 Å². The maximum absolute atomic E-state index is 5.32. The molecule has 0 saturated heterocycles.